The van der Waals surface area contributed by atoms with E-state index in [0.29, 0.717) is 29.3 Å². The average Bonchev–Trinajstić information content (AvgIpc) is 3.51. The van der Waals surface area contributed by atoms with Gasteiger partial charge >= 0.3 is 0 Å². The molecule has 7 heteroatoms. The predicted octanol–water partition coefficient (Wildman–Crippen LogP) is 4.68. The SMILES string of the molecule is COc1ccc(-c2cc(NC(=O)[C@@H]3CCCN3C(=O)c3cccs3)ccc2OC)cc1. The molecule has 1 aliphatic rings. The minimum absolute atomic E-state index is 0.0821. The second-order valence-electron chi connectivity index (χ2n) is 7.27. The lowest BCUT2D eigenvalue weighted by molar-refractivity contribution is -0.119. The van der Waals surface area contributed by atoms with Gasteiger partial charge in [-0.1, -0.05) is 18.2 Å². The second kappa shape index (κ2) is 9.22. The van der Waals surface area contributed by atoms with Gasteiger partial charge in [0, 0.05) is 17.8 Å². The van der Waals surface area contributed by atoms with E-state index < -0.39 is 6.04 Å². The maximum absolute atomic E-state index is 13.0. The van der Waals surface area contributed by atoms with Crippen LogP contribution in [0.2, 0.25) is 0 Å². The third-order valence-electron chi connectivity index (χ3n) is 5.42. The molecule has 6 nitrogen and oxygen atoms in total. The van der Waals surface area contributed by atoms with Crippen LogP contribution in [0.3, 0.4) is 0 Å². The van der Waals surface area contributed by atoms with Gasteiger partial charge in [0.1, 0.15) is 17.5 Å². The molecule has 2 amide bonds. The third kappa shape index (κ3) is 4.41. The van der Waals surface area contributed by atoms with Crippen molar-refractivity contribution in [3.63, 3.8) is 0 Å². The molecular weight excluding hydrogens is 412 g/mol. The van der Waals surface area contributed by atoms with Crippen LogP contribution in [0.1, 0.15) is 22.5 Å². The zero-order valence-corrected chi connectivity index (χ0v) is 18.3. The predicted molar refractivity (Wildman–Crippen MR) is 122 cm³/mol. The first-order valence-corrected chi connectivity index (χ1v) is 11.0. The first-order valence-electron chi connectivity index (χ1n) is 10.1. The van der Waals surface area contributed by atoms with E-state index in [4.69, 9.17) is 9.47 Å². The van der Waals surface area contributed by atoms with Gasteiger partial charge in [0.15, 0.2) is 0 Å². The molecule has 1 fully saturated rings. The number of carbonyl (C=O) groups is 2. The molecule has 160 valence electrons. The van der Waals surface area contributed by atoms with Crippen LogP contribution in [0.25, 0.3) is 11.1 Å². The molecule has 1 aliphatic heterocycles. The van der Waals surface area contributed by atoms with E-state index in [1.54, 1.807) is 25.2 Å². The number of ether oxygens (including phenoxy) is 2. The van der Waals surface area contributed by atoms with Gasteiger partial charge in [-0.3, -0.25) is 9.59 Å². The van der Waals surface area contributed by atoms with Crippen molar-refractivity contribution in [2.24, 2.45) is 0 Å². The van der Waals surface area contributed by atoms with Crippen molar-refractivity contribution in [1.82, 2.24) is 4.90 Å². The molecule has 0 aliphatic carbocycles. The van der Waals surface area contributed by atoms with Gasteiger partial charge in [-0.15, -0.1) is 11.3 Å². The summed E-state index contributed by atoms with van der Waals surface area (Å²) in [5.74, 6) is 1.22. The zero-order valence-electron chi connectivity index (χ0n) is 17.5. The molecule has 2 heterocycles. The van der Waals surface area contributed by atoms with E-state index in [-0.39, 0.29) is 11.8 Å². The number of nitrogens with zero attached hydrogens (tertiary/aromatic N) is 1. The van der Waals surface area contributed by atoms with Crippen molar-refractivity contribution in [3.8, 4) is 22.6 Å². The number of likely N-dealkylation sites (tertiary alicyclic amines) is 1. The Morgan fingerprint density at radius 3 is 2.55 bits per heavy atom. The monoisotopic (exact) mass is 436 g/mol. The Kier molecular flexibility index (Phi) is 6.23. The summed E-state index contributed by atoms with van der Waals surface area (Å²) >= 11 is 1.40. The normalized spacial score (nSPS) is 15.5. The van der Waals surface area contributed by atoms with Crippen LogP contribution < -0.4 is 14.8 Å². The summed E-state index contributed by atoms with van der Waals surface area (Å²) in [6.07, 6.45) is 1.47. The van der Waals surface area contributed by atoms with Crippen LogP contribution in [0.5, 0.6) is 11.5 Å². The highest BCUT2D eigenvalue weighted by molar-refractivity contribution is 7.12. The lowest BCUT2D eigenvalue weighted by Crippen LogP contribution is -2.42. The molecule has 2 aromatic carbocycles. The Bertz CT molecular complexity index is 1060. The molecule has 31 heavy (non-hydrogen) atoms. The highest BCUT2D eigenvalue weighted by Gasteiger charge is 2.35. The molecule has 4 rings (SSSR count). The van der Waals surface area contributed by atoms with E-state index in [2.05, 4.69) is 5.32 Å². The van der Waals surface area contributed by atoms with Gasteiger partial charge in [0.05, 0.1) is 19.1 Å². The first-order chi connectivity index (χ1) is 15.1. The zero-order chi connectivity index (χ0) is 21.8. The lowest BCUT2D eigenvalue weighted by atomic mass is 10.0. The molecule has 3 aromatic rings. The number of hydrogen-bond donors (Lipinski definition) is 1. The van der Waals surface area contributed by atoms with E-state index >= 15 is 0 Å². The maximum Gasteiger partial charge on any atom is 0.264 e. The fourth-order valence-electron chi connectivity index (χ4n) is 3.83. The maximum atomic E-state index is 13.0. The van der Waals surface area contributed by atoms with Crippen LogP contribution in [-0.2, 0) is 4.79 Å². The Hall–Kier alpha value is -3.32. The topological polar surface area (TPSA) is 67.9 Å². The number of nitrogens with one attached hydrogen (secondary N) is 1. The van der Waals surface area contributed by atoms with Crippen molar-refractivity contribution in [2.75, 3.05) is 26.1 Å². The average molecular weight is 437 g/mol. The fourth-order valence-corrected chi connectivity index (χ4v) is 4.51. The Morgan fingerprint density at radius 1 is 1.06 bits per heavy atom. The standard InChI is InChI=1S/C24H24N2O4S/c1-29-18-10-7-16(8-11-18)19-15-17(9-12-21(19)30-2)25-23(27)20-5-3-13-26(20)24(28)22-6-4-14-31-22/h4,6-12,14-15,20H,3,5,13H2,1-2H3,(H,25,27)/t20-/m0/s1. The molecule has 1 atom stereocenters. The minimum Gasteiger partial charge on any atom is -0.497 e. The van der Waals surface area contributed by atoms with Gasteiger partial charge in [0.2, 0.25) is 5.91 Å². The molecule has 1 aromatic heterocycles. The van der Waals surface area contributed by atoms with Gasteiger partial charge in [-0.05, 0) is 60.2 Å². The summed E-state index contributed by atoms with van der Waals surface area (Å²) in [4.78, 5) is 28.1. The number of rotatable bonds is 6. The summed E-state index contributed by atoms with van der Waals surface area (Å²) in [5.41, 5.74) is 2.47. The molecule has 0 unspecified atom stereocenters. The van der Waals surface area contributed by atoms with E-state index in [9.17, 15) is 9.59 Å². The summed E-state index contributed by atoms with van der Waals surface area (Å²) in [6.45, 7) is 0.592. The molecule has 1 saturated heterocycles. The van der Waals surface area contributed by atoms with E-state index in [1.165, 1.54) is 11.3 Å². The van der Waals surface area contributed by atoms with E-state index in [1.807, 2.05) is 53.9 Å². The van der Waals surface area contributed by atoms with Crippen LogP contribution in [-0.4, -0.2) is 43.5 Å². The lowest BCUT2D eigenvalue weighted by Gasteiger charge is -2.23. The van der Waals surface area contributed by atoms with Crippen LogP contribution in [0, 0.1) is 0 Å². The quantitative estimate of drug-likeness (QED) is 0.609. The summed E-state index contributed by atoms with van der Waals surface area (Å²) in [6, 6.07) is 16.4. The van der Waals surface area contributed by atoms with Crippen molar-refractivity contribution in [1.29, 1.82) is 0 Å². The molecule has 0 bridgehead atoms. The number of carbonyl (C=O) groups excluding carboxylic acids is 2. The third-order valence-corrected chi connectivity index (χ3v) is 6.27. The molecule has 0 saturated carbocycles. The van der Waals surface area contributed by atoms with E-state index in [0.717, 1.165) is 23.3 Å². The van der Waals surface area contributed by atoms with Crippen LogP contribution in [0.4, 0.5) is 5.69 Å². The highest BCUT2D eigenvalue weighted by atomic mass is 32.1. The van der Waals surface area contributed by atoms with Gasteiger partial charge in [0.25, 0.3) is 5.91 Å². The van der Waals surface area contributed by atoms with Crippen molar-refractivity contribution in [2.45, 2.75) is 18.9 Å². The van der Waals surface area contributed by atoms with Crippen molar-refractivity contribution in [3.05, 3.63) is 64.9 Å². The fraction of sp³-hybridized carbons (Fsp3) is 0.250. The molecule has 1 N–H and O–H groups in total. The Balaban J connectivity index is 1.54. The molecular formula is C24H24N2O4S. The van der Waals surface area contributed by atoms with Gasteiger partial charge in [-0.2, -0.15) is 0 Å². The number of anilines is 1. The second-order valence-corrected chi connectivity index (χ2v) is 8.21. The van der Waals surface area contributed by atoms with Crippen LogP contribution in [0.15, 0.2) is 60.0 Å². The number of thiophene rings is 1. The summed E-state index contributed by atoms with van der Waals surface area (Å²) in [7, 11) is 3.24. The van der Waals surface area contributed by atoms with Crippen LogP contribution >= 0.6 is 11.3 Å². The number of methoxy groups -OCH3 is 2. The number of benzene rings is 2. The Morgan fingerprint density at radius 2 is 1.87 bits per heavy atom. The largest absolute Gasteiger partial charge is 0.497 e. The Labute approximate surface area is 185 Å². The first kappa shape index (κ1) is 20.9. The van der Waals surface area contributed by atoms with Crippen molar-refractivity contribution >= 4 is 28.8 Å². The van der Waals surface area contributed by atoms with Crippen molar-refractivity contribution < 1.29 is 19.1 Å². The highest BCUT2D eigenvalue weighted by Crippen LogP contribution is 2.34. The van der Waals surface area contributed by atoms with Gasteiger partial charge < -0.3 is 19.7 Å². The summed E-state index contributed by atoms with van der Waals surface area (Å²) < 4.78 is 10.7. The smallest absolute Gasteiger partial charge is 0.264 e. The molecule has 0 spiro atoms. The number of hydrogen-bond acceptors (Lipinski definition) is 5. The summed E-state index contributed by atoms with van der Waals surface area (Å²) in [5, 5.41) is 4.86. The molecule has 0 radical (unpaired) electrons. The van der Waals surface area contributed by atoms with Gasteiger partial charge in [-0.25, -0.2) is 0 Å². The number of amides is 2. The minimum atomic E-state index is -0.471.